The van der Waals surface area contributed by atoms with Crippen LogP contribution in [0.2, 0.25) is 0 Å². The maximum atomic E-state index is 11.8. The van der Waals surface area contributed by atoms with E-state index in [1.165, 1.54) is 4.90 Å². The maximum Gasteiger partial charge on any atom is 0.319 e. The normalized spacial score (nSPS) is 19.9. The van der Waals surface area contributed by atoms with Gasteiger partial charge in [0.2, 0.25) is 0 Å². The molecule has 1 aliphatic heterocycles. The molecule has 0 aromatic carbocycles. The smallest absolute Gasteiger partial charge is 0.319 e. The zero-order valence-corrected chi connectivity index (χ0v) is 9.43. The highest BCUT2D eigenvalue weighted by molar-refractivity contribution is 5.74. The fraction of sp³-hybridized carbons (Fsp3) is 0.800. The molecular weight excluding hydrogens is 212 g/mol. The van der Waals surface area contributed by atoms with Crippen LogP contribution in [0, 0.1) is 0 Å². The second-order valence-electron chi connectivity index (χ2n) is 4.09. The Labute approximate surface area is 94.4 Å². The number of aliphatic carboxylic acids is 1. The van der Waals surface area contributed by atoms with Gasteiger partial charge < -0.3 is 20.0 Å². The number of likely N-dealkylation sites (tertiary alicyclic amines) is 1. The molecule has 1 saturated heterocycles. The average Bonchev–Trinajstić information content (AvgIpc) is 2.63. The summed E-state index contributed by atoms with van der Waals surface area (Å²) in [6.45, 7) is 1.38. The van der Waals surface area contributed by atoms with Crippen LogP contribution < -0.4 is 0 Å². The number of urea groups is 1. The van der Waals surface area contributed by atoms with E-state index in [9.17, 15) is 14.7 Å². The Hall–Kier alpha value is -1.30. The molecule has 0 aromatic rings. The van der Waals surface area contributed by atoms with Gasteiger partial charge in [-0.15, -0.1) is 0 Å². The van der Waals surface area contributed by atoms with Crippen molar-refractivity contribution in [3.63, 3.8) is 0 Å². The molecule has 92 valence electrons. The summed E-state index contributed by atoms with van der Waals surface area (Å²) in [4.78, 5) is 25.2. The number of hydrogen-bond acceptors (Lipinski definition) is 3. The van der Waals surface area contributed by atoms with E-state index in [0.717, 1.165) is 0 Å². The minimum Gasteiger partial charge on any atom is -0.481 e. The molecule has 0 spiro atoms. The predicted octanol–water partition coefficient (Wildman–Crippen LogP) is -0.0304. The SMILES string of the molecule is CN(CCCC(=O)O)C(=O)N1CCC(O)C1. The number of rotatable bonds is 4. The summed E-state index contributed by atoms with van der Waals surface area (Å²) >= 11 is 0. The number of hydrogen-bond donors (Lipinski definition) is 2. The second kappa shape index (κ2) is 5.69. The number of carboxylic acid groups (broad SMARTS) is 1. The summed E-state index contributed by atoms with van der Waals surface area (Å²) in [5.74, 6) is -0.850. The summed E-state index contributed by atoms with van der Waals surface area (Å²) < 4.78 is 0. The molecule has 1 atom stereocenters. The molecule has 1 rings (SSSR count). The standard InChI is InChI=1S/C10H18N2O4/c1-11(5-2-3-9(14)15)10(16)12-6-4-8(13)7-12/h8,13H,2-7H2,1H3,(H,14,15). The molecule has 0 aliphatic carbocycles. The average molecular weight is 230 g/mol. The molecular formula is C10H18N2O4. The van der Waals surface area contributed by atoms with Crippen LogP contribution in [0.25, 0.3) is 0 Å². The monoisotopic (exact) mass is 230 g/mol. The third kappa shape index (κ3) is 3.69. The van der Waals surface area contributed by atoms with Gasteiger partial charge in [-0.1, -0.05) is 0 Å². The number of carbonyl (C=O) groups is 2. The quantitative estimate of drug-likeness (QED) is 0.710. The van der Waals surface area contributed by atoms with Crippen molar-refractivity contribution < 1.29 is 19.8 Å². The van der Waals surface area contributed by atoms with Gasteiger partial charge in [-0.05, 0) is 12.8 Å². The van der Waals surface area contributed by atoms with Gasteiger partial charge in [-0.25, -0.2) is 4.79 Å². The summed E-state index contributed by atoms with van der Waals surface area (Å²) in [5, 5.41) is 17.8. The van der Waals surface area contributed by atoms with E-state index < -0.39 is 12.1 Å². The first kappa shape index (κ1) is 12.8. The number of aliphatic hydroxyl groups excluding tert-OH is 1. The lowest BCUT2D eigenvalue weighted by molar-refractivity contribution is -0.137. The molecule has 0 aromatic heterocycles. The van der Waals surface area contributed by atoms with Crippen LogP contribution in [0.5, 0.6) is 0 Å². The Kier molecular flexibility index (Phi) is 4.54. The molecule has 0 saturated carbocycles. The third-order valence-electron chi connectivity index (χ3n) is 2.64. The number of amides is 2. The lowest BCUT2D eigenvalue weighted by Crippen LogP contribution is -2.40. The first-order valence-electron chi connectivity index (χ1n) is 5.40. The lowest BCUT2D eigenvalue weighted by atomic mass is 10.3. The summed E-state index contributed by atoms with van der Waals surface area (Å²) in [6, 6.07) is -0.137. The predicted molar refractivity (Wildman–Crippen MR) is 57.1 cm³/mol. The molecule has 6 heteroatoms. The van der Waals surface area contributed by atoms with Crippen molar-refractivity contribution in [3.8, 4) is 0 Å². The van der Waals surface area contributed by atoms with Crippen molar-refractivity contribution in [1.29, 1.82) is 0 Å². The van der Waals surface area contributed by atoms with Gasteiger partial charge in [-0.3, -0.25) is 4.79 Å². The van der Waals surface area contributed by atoms with Crippen LogP contribution >= 0.6 is 0 Å². The van der Waals surface area contributed by atoms with Gasteiger partial charge in [0.1, 0.15) is 0 Å². The molecule has 6 nitrogen and oxygen atoms in total. The van der Waals surface area contributed by atoms with Crippen molar-refractivity contribution in [2.45, 2.75) is 25.4 Å². The highest BCUT2D eigenvalue weighted by Crippen LogP contribution is 2.11. The van der Waals surface area contributed by atoms with Gasteiger partial charge in [0.25, 0.3) is 0 Å². The van der Waals surface area contributed by atoms with Crippen LogP contribution in [0.3, 0.4) is 0 Å². The van der Waals surface area contributed by atoms with Gasteiger partial charge in [0, 0.05) is 33.1 Å². The van der Waals surface area contributed by atoms with E-state index in [2.05, 4.69) is 0 Å². The van der Waals surface area contributed by atoms with E-state index in [1.54, 1.807) is 11.9 Å². The van der Waals surface area contributed by atoms with Crippen LogP contribution in [0.15, 0.2) is 0 Å². The lowest BCUT2D eigenvalue weighted by Gasteiger charge is -2.24. The fourth-order valence-electron chi connectivity index (χ4n) is 1.72. The van der Waals surface area contributed by atoms with E-state index in [4.69, 9.17) is 5.11 Å². The van der Waals surface area contributed by atoms with Gasteiger partial charge in [-0.2, -0.15) is 0 Å². The number of carboxylic acids is 1. The number of aliphatic hydroxyl groups is 1. The fourth-order valence-corrected chi connectivity index (χ4v) is 1.72. The Morgan fingerprint density at radius 2 is 2.19 bits per heavy atom. The highest BCUT2D eigenvalue weighted by Gasteiger charge is 2.26. The molecule has 0 radical (unpaired) electrons. The third-order valence-corrected chi connectivity index (χ3v) is 2.64. The van der Waals surface area contributed by atoms with Crippen molar-refractivity contribution in [2.75, 3.05) is 26.7 Å². The first-order chi connectivity index (χ1) is 7.50. The minimum atomic E-state index is -0.850. The topological polar surface area (TPSA) is 81.1 Å². The number of β-amino-alcohol motifs (C(OH)–C–C–N with tert-alkyl or cyclic N) is 1. The minimum absolute atomic E-state index is 0.0697. The van der Waals surface area contributed by atoms with Crippen molar-refractivity contribution >= 4 is 12.0 Å². The van der Waals surface area contributed by atoms with Crippen LogP contribution in [0.1, 0.15) is 19.3 Å². The molecule has 1 aliphatic rings. The van der Waals surface area contributed by atoms with Gasteiger partial charge in [0.15, 0.2) is 0 Å². The van der Waals surface area contributed by atoms with Crippen LogP contribution in [0.4, 0.5) is 4.79 Å². The highest BCUT2D eigenvalue weighted by atomic mass is 16.4. The zero-order valence-electron chi connectivity index (χ0n) is 9.43. The Balaban J connectivity index is 2.27. The zero-order chi connectivity index (χ0) is 12.1. The molecule has 0 bridgehead atoms. The van der Waals surface area contributed by atoms with Crippen LogP contribution in [-0.2, 0) is 4.79 Å². The summed E-state index contributed by atoms with van der Waals surface area (Å²) in [6.07, 6.45) is 0.722. The van der Waals surface area contributed by atoms with E-state index >= 15 is 0 Å². The van der Waals surface area contributed by atoms with Crippen LogP contribution in [-0.4, -0.2) is 64.8 Å². The number of nitrogens with zero attached hydrogens (tertiary/aromatic N) is 2. The Morgan fingerprint density at radius 1 is 1.50 bits per heavy atom. The number of carbonyl (C=O) groups excluding carboxylic acids is 1. The molecule has 16 heavy (non-hydrogen) atoms. The van der Waals surface area contributed by atoms with Crippen molar-refractivity contribution in [2.24, 2.45) is 0 Å². The van der Waals surface area contributed by atoms with E-state index in [-0.39, 0.29) is 12.5 Å². The second-order valence-corrected chi connectivity index (χ2v) is 4.09. The first-order valence-corrected chi connectivity index (χ1v) is 5.40. The Bertz CT molecular complexity index is 270. The molecule has 1 unspecified atom stereocenters. The van der Waals surface area contributed by atoms with E-state index in [1.807, 2.05) is 0 Å². The molecule has 2 amide bonds. The molecule has 1 heterocycles. The summed E-state index contributed by atoms with van der Waals surface area (Å²) in [7, 11) is 1.65. The van der Waals surface area contributed by atoms with E-state index in [0.29, 0.717) is 32.5 Å². The van der Waals surface area contributed by atoms with Gasteiger partial charge >= 0.3 is 12.0 Å². The largest absolute Gasteiger partial charge is 0.481 e. The Morgan fingerprint density at radius 3 is 2.69 bits per heavy atom. The maximum absolute atomic E-state index is 11.8. The molecule has 2 N–H and O–H groups in total. The summed E-state index contributed by atoms with van der Waals surface area (Å²) in [5.41, 5.74) is 0. The van der Waals surface area contributed by atoms with Crippen molar-refractivity contribution in [3.05, 3.63) is 0 Å². The van der Waals surface area contributed by atoms with Crippen molar-refractivity contribution in [1.82, 2.24) is 9.80 Å². The van der Waals surface area contributed by atoms with Gasteiger partial charge in [0.05, 0.1) is 6.10 Å². The molecule has 1 fully saturated rings.